The topological polar surface area (TPSA) is 69.7 Å². The van der Waals surface area contributed by atoms with Gasteiger partial charge >= 0.3 is 0 Å². The minimum Gasteiger partial charge on any atom is -0.348 e. The average molecular weight is 456 g/mol. The molecule has 172 valence electrons. The van der Waals surface area contributed by atoms with Crippen molar-refractivity contribution >= 4 is 15.9 Å². The first-order chi connectivity index (χ1) is 15.4. The number of rotatable bonds is 7. The van der Waals surface area contributed by atoms with Gasteiger partial charge in [0.05, 0.1) is 4.90 Å². The van der Waals surface area contributed by atoms with Crippen molar-refractivity contribution in [1.82, 2.24) is 14.5 Å². The van der Waals surface area contributed by atoms with Gasteiger partial charge in [0.25, 0.3) is 5.91 Å². The smallest absolute Gasteiger partial charge is 0.251 e. The number of amides is 1. The number of hydrogen-bond donors (Lipinski definition) is 1. The van der Waals surface area contributed by atoms with E-state index in [-0.39, 0.29) is 22.9 Å². The number of carbonyl (C=O) groups is 1. The molecule has 0 bridgehead atoms. The number of hydrogen-bond acceptors (Lipinski definition) is 4. The van der Waals surface area contributed by atoms with Crippen LogP contribution in [0.2, 0.25) is 0 Å². The molecule has 1 heterocycles. The number of sulfonamides is 1. The Kier molecular flexibility index (Phi) is 7.28. The van der Waals surface area contributed by atoms with Crippen molar-refractivity contribution in [2.24, 2.45) is 0 Å². The molecule has 1 amide bonds. The summed E-state index contributed by atoms with van der Waals surface area (Å²) in [6.45, 7) is 2.60. The second kappa shape index (κ2) is 10.1. The number of nitrogens with one attached hydrogen (secondary N) is 1. The third-order valence-corrected chi connectivity index (χ3v) is 8.62. The van der Waals surface area contributed by atoms with E-state index in [1.54, 1.807) is 25.2 Å². The van der Waals surface area contributed by atoms with Crippen LogP contribution in [0.4, 0.5) is 0 Å². The highest BCUT2D eigenvalue weighted by Crippen LogP contribution is 2.27. The lowest BCUT2D eigenvalue weighted by atomic mass is 9.96. The SMILES string of the molecule is CN(C1CCCCC1)S(=O)(=O)c1cccc(C(=O)N[C@H]2CCN(Cc3ccccc3)C2)c1. The fraction of sp³-hybridized carbons (Fsp3) is 0.480. The van der Waals surface area contributed by atoms with Crippen molar-refractivity contribution in [3.8, 4) is 0 Å². The van der Waals surface area contributed by atoms with Crippen LogP contribution >= 0.6 is 0 Å². The minimum atomic E-state index is -3.62. The molecule has 0 unspecified atom stereocenters. The van der Waals surface area contributed by atoms with Gasteiger partial charge < -0.3 is 5.32 Å². The van der Waals surface area contributed by atoms with Gasteiger partial charge in [-0.3, -0.25) is 9.69 Å². The second-order valence-corrected chi connectivity index (χ2v) is 11.0. The second-order valence-electron chi connectivity index (χ2n) is 9.02. The Labute approximate surface area is 191 Å². The van der Waals surface area contributed by atoms with E-state index in [2.05, 4.69) is 22.3 Å². The predicted molar refractivity (Wildman–Crippen MR) is 126 cm³/mol. The number of nitrogens with zero attached hydrogens (tertiary/aromatic N) is 2. The fourth-order valence-electron chi connectivity index (χ4n) is 4.81. The number of carbonyl (C=O) groups excluding carboxylic acids is 1. The molecule has 0 spiro atoms. The molecule has 7 heteroatoms. The first-order valence-electron chi connectivity index (χ1n) is 11.6. The summed E-state index contributed by atoms with van der Waals surface area (Å²) in [5, 5.41) is 3.09. The highest BCUT2D eigenvalue weighted by Gasteiger charge is 2.30. The summed E-state index contributed by atoms with van der Waals surface area (Å²) in [5.41, 5.74) is 1.66. The van der Waals surface area contributed by atoms with Crippen molar-refractivity contribution in [2.45, 2.75) is 62.0 Å². The maximum Gasteiger partial charge on any atom is 0.251 e. The van der Waals surface area contributed by atoms with Gasteiger partial charge in [0.2, 0.25) is 10.0 Å². The number of benzene rings is 2. The molecule has 0 radical (unpaired) electrons. The molecular weight excluding hydrogens is 422 g/mol. The standard InChI is InChI=1S/C25H33N3O3S/c1-27(23-12-6-3-7-13-23)32(30,31)24-14-8-11-21(17-24)25(29)26-22-15-16-28(19-22)18-20-9-4-2-5-10-20/h2,4-5,8-11,14,17,22-23H,3,6-7,12-13,15-16,18-19H2,1H3,(H,26,29)/t22-/m0/s1. The zero-order valence-corrected chi connectivity index (χ0v) is 19.6. The van der Waals surface area contributed by atoms with Gasteiger partial charge in [-0.1, -0.05) is 55.7 Å². The van der Waals surface area contributed by atoms with Crippen LogP contribution in [0.5, 0.6) is 0 Å². The Hall–Kier alpha value is -2.22. The van der Waals surface area contributed by atoms with Crippen LogP contribution in [0, 0.1) is 0 Å². The van der Waals surface area contributed by atoms with Gasteiger partial charge in [-0.25, -0.2) is 8.42 Å². The largest absolute Gasteiger partial charge is 0.348 e. The molecule has 0 aromatic heterocycles. The quantitative estimate of drug-likeness (QED) is 0.692. The molecule has 1 N–H and O–H groups in total. The molecular formula is C25H33N3O3S. The predicted octanol–water partition coefficient (Wildman–Crippen LogP) is 3.64. The molecule has 1 aliphatic carbocycles. The summed E-state index contributed by atoms with van der Waals surface area (Å²) in [6, 6.07) is 16.9. The Balaban J connectivity index is 1.38. The summed E-state index contributed by atoms with van der Waals surface area (Å²) in [4.78, 5) is 15.4. The zero-order valence-electron chi connectivity index (χ0n) is 18.7. The van der Waals surface area contributed by atoms with Crippen molar-refractivity contribution in [3.63, 3.8) is 0 Å². The lowest BCUT2D eigenvalue weighted by Gasteiger charge is -2.30. The van der Waals surface area contributed by atoms with Crippen LogP contribution in [0.3, 0.4) is 0 Å². The molecule has 2 fully saturated rings. The van der Waals surface area contributed by atoms with Crippen LogP contribution in [-0.2, 0) is 16.6 Å². The maximum absolute atomic E-state index is 13.2. The van der Waals surface area contributed by atoms with E-state index in [1.807, 2.05) is 18.2 Å². The van der Waals surface area contributed by atoms with Gasteiger partial charge in [0.1, 0.15) is 0 Å². The number of likely N-dealkylation sites (tertiary alicyclic amines) is 1. The first kappa shape index (κ1) is 23.0. The van der Waals surface area contributed by atoms with Crippen LogP contribution in [0.15, 0.2) is 59.5 Å². The third-order valence-electron chi connectivity index (χ3n) is 6.72. The summed E-state index contributed by atoms with van der Waals surface area (Å²) in [5.74, 6) is -0.214. The van der Waals surface area contributed by atoms with Crippen molar-refractivity contribution in [3.05, 3.63) is 65.7 Å². The van der Waals surface area contributed by atoms with Crippen molar-refractivity contribution in [2.75, 3.05) is 20.1 Å². The maximum atomic E-state index is 13.2. The summed E-state index contributed by atoms with van der Waals surface area (Å²) in [6.07, 6.45) is 5.99. The molecule has 1 aliphatic heterocycles. The molecule has 2 aromatic carbocycles. The van der Waals surface area contributed by atoms with Gasteiger partial charge in [0, 0.05) is 44.3 Å². The minimum absolute atomic E-state index is 0.0420. The molecule has 32 heavy (non-hydrogen) atoms. The van der Waals surface area contributed by atoms with Crippen LogP contribution in [-0.4, -0.2) is 55.8 Å². The lowest BCUT2D eigenvalue weighted by Crippen LogP contribution is -2.38. The van der Waals surface area contributed by atoms with E-state index in [9.17, 15) is 13.2 Å². The van der Waals surface area contributed by atoms with Crippen LogP contribution in [0.1, 0.15) is 54.4 Å². The van der Waals surface area contributed by atoms with Gasteiger partial charge in [-0.05, 0) is 43.0 Å². The monoisotopic (exact) mass is 455 g/mol. The molecule has 4 rings (SSSR count). The van der Waals surface area contributed by atoms with E-state index in [4.69, 9.17) is 0 Å². The van der Waals surface area contributed by atoms with Crippen molar-refractivity contribution in [1.29, 1.82) is 0 Å². The highest BCUT2D eigenvalue weighted by molar-refractivity contribution is 7.89. The summed E-state index contributed by atoms with van der Waals surface area (Å²) >= 11 is 0. The molecule has 1 saturated heterocycles. The third kappa shape index (κ3) is 5.39. The fourth-order valence-corrected chi connectivity index (χ4v) is 6.27. The Morgan fingerprint density at radius 1 is 1.03 bits per heavy atom. The Morgan fingerprint density at radius 2 is 1.78 bits per heavy atom. The van der Waals surface area contributed by atoms with E-state index in [1.165, 1.54) is 22.4 Å². The van der Waals surface area contributed by atoms with Crippen LogP contribution in [0.25, 0.3) is 0 Å². The first-order valence-corrected chi connectivity index (χ1v) is 13.0. The zero-order chi connectivity index (χ0) is 22.6. The Bertz CT molecular complexity index is 1020. The lowest BCUT2D eigenvalue weighted by molar-refractivity contribution is 0.0937. The molecule has 2 aromatic rings. The van der Waals surface area contributed by atoms with E-state index in [0.29, 0.717) is 5.56 Å². The van der Waals surface area contributed by atoms with E-state index < -0.39 is 10.0 Å². The molecule has 1 saturated carbocycles. The summed E-state index contributed by atoms with van der Waals surface area (Å²) in [7, 11) is -1.96. The summed E-state index contributed by atoms with van der Waals surface area (Å²) < 4.78 is 27.8. The molecule has 1 atom stereocenters. The average Bonchev–Trinajstić information content (AvgIpc) is 3.26. The normalized spacial score (nSPS) is 20.5. The van der Waals surface area contributed by atoms with Gasteiger partial charge in [-0.2, -0.15) is 4.31 Å². The van der Waals surface area contributed by atoms with Gasteiger partial charge in [0.15, 0.2) is 0 Å². The van der Waals surface area contributed by atoms with Crippen LogP contribution < -0.4 is 5.32 Å². The van der Waals surface area contributed by atoms with Gasteiger partial charge in [-0.15, -0.1) is 0 Å². The Morgan fingerprint density at radius 3 is 2.53 bits per heavy atom. The van der Waals surface area contributed by atoms with E-state index >= 15 is 0 Å². The molecule has 2 aliphatic rings. The van der Waals surface area contributed by atoms with E-state index in [0.717, 1.165) is 51.7 Å². The highest BCUT2D eigenvalue weighted by atomic mass is 32.2. The molecule has 6 nitrogen and oxygen atoms in total. The van der Waals surface area contributed by atoms with Crippen molar-refractivity contribution < 1.29 is 13.2 Å².